The Labute approximate surface area is 83.5 Å². The highest BCUT2D eigenvalue weighted by Crippen LogP contribution is 2.11. The van der Waals surface area contributed by atoms with Crippen molar-refractivity contribution in [2.75, 3.05) is 18.9 Å². The summed E-state index contributed by atoms with van der Waals surface area (Å²) in [6.07, 6.45) is 1.19. The molecule has 1 amide bonds. The smallest absolute Gasteiger partial charge is 0.287 e. The zero-order valence-corrected chi connectivity index (χ0v) is 7.63. The molecule has 0 aliphatic carbocycles. The predicted molar refractivity (Wildman–Crippen MR) is 47.4 cm³/mol. The van der Waals surface area contributed by atoms with Crippen molar-refractivity contribution in [1.82, 2.24) is 15.5 Å². The van der Waals surface area contributed by atoms with Crippen LogP contribution in [-0.2, 0) is 0 Å². The average molecular weight is 220 g/mol. The number of nitrogens with one attached hydrogen (secondary N) is 2. The second-order valence-corrected chi connectivity index (χ2v) is 2.90. The normalized spacial score (nSPS) is 11.4. The van der Waals surface area contributed by atoms with Crippen LogP contribution in [0.4, 0.5) is 14.5 Å². The Bertz CT molecular complexity index is 353. The molecule has 84 valence electrons. The van der Waals surface area contributed by atoms with Crippen molar-refractivity contribution in [3.05, 3.63) is 11.9 Å². The van der Waals surface area contributed by atoms with E-state index in [0.29, 0.717) is 0 Å². The number of nitrogens with two attached hydrogens (primary N) is 1. The van der Waals surface area contributed by atoms with Gasteiger partial charge in [-0.1, -0.05) is 0 Å². The van der Waals surface area contributed by atoms with Gasteiger partial charge >= 0.3 is 0 Å². The molecule has 0 spiro atoms. The van der Waals surface area contributed by atoms with E-state index in [-0.39, 0.29) is 11.4 Å². The van der Waals surface area contributed by atoms with Gasteiger partial charge in [-0.05, 0) is 0 Å². The zero-order chi connectivity index (χ0) is 11.5. The van der Waals surface area contributed by atoms with Crippen molar-refractivity contribution in [1.29, 1.82) is 0 Å². The largest absolute Gasteiger partial charge is 0.396 e. The molecule has 1 rings (SSSR count). The minimum atomic E-state index is -3.34. The van der Waals surface area contributed by atoms with E-state index in [1.165, 1.54) is 6.20 Å². The molecule has 1 aromatic heterocycles. The highest BCUT2D eigenvalue weighted by Gasteiger charge is 2.28. The van der Waals surface area contributed by atoms with Gasteiger partial charge in [0.25, 0.3) is 11.8 Å². The number of hydrogen-bond acceptors (Lipinski definition) is 4. The van der Waals surface area contributed by atoms with Crippen molar-refractivity contribution in [2.45, 2.75) is 5.92 Å². The highest BCUT2D eigenvalue weighted by atomic mass is 19.3. The Morgan fingerprint density at radius 2 is 2.40 bits per heavy atom. The number of aromatic nitrogens is 2. The van der Waals surface area contributed by atoms with E-state index in [2.05, 4.69) is 10.2 Å². The number of hydrogen-bond donors (Lipinski definition) is 4. The van der Waals surface area contributed by atoms with Gasteiger partial charge in [-0.15, -0.1) is 0 Å². The Hall–Kier alpha value is -1.70. The summed E-state index contributed by atoms with van der Waals surface area (Å²) in [6.45, 7) is -2.29. The van der Waals surface area contributed by atoms with Crippen molar-refractivity contribution in [3.8, 4) is 0 Å². The molecule has 1 heterocycles. The number of carbonyl (C=O) groups excluding carboxylic acids is 1. The Kier molecular flexibility index (Phi) is 3.20. The molecular weight excluding hydrogens is 210 g/mol. The van der Waals surface area contributed by atoms with Crippen molar-refractivity contribution in [2.24, 2.45) is 0 Å². The fraction of sp³-hybridized carbons (Fsp3) is 0.429. The summed E-state index contributed by atoms with van der Waals surface area (Å²) < 4.78 is 25.1. The van der Waals surface area contributed by atoms with Crippen LogP contribution in [0.3, 0.4) is 0 Å². The third-order valence-corrected chi connectivity index (χ3v) is 1.63. The minimum absolute atomic E-state index is 0.0693. The van der Waals surface area contributed by atoms with Gasteiger partial charge in [-0.25, -0.2) is 8.78 Å². The topological polar surface area (TPSA) is 104 Å². The number of aliphatic hydroxyl groups excluding tert-OH is 1. The lowest BCUT2D eigenvalue weighted by Crippen LogP contribution is -2.39. The third-order valence-electron chi connectivity index (χ3n) is 1.63. The van der Waals surface area contributed by atoms with Gasteiger partial charge < -0.3 is 16.2 Å². The van der Waals surface area contributed by atoms with Crippen LogP contribution in [0, 0.1) is 0 Å². The third kappa shape index (κ3) is 2.88. The number of amides is 1. The first-order chi connectivity index (χ1) is 6.96. The maximum atomic E-state index is 12.5. The Morgan fingerprint density at radius 3 is 2.87 bits per heavy atom. The summed E-state index contributed by atoms with van der Waals surface area (Å²) in [7, 11) is 0. The number of alkyl halides is 2. The van der Waals surface area contributed by atoms with Gasteiger partial charge in [0.2, 0.25) is 0 Å². The molecule has 0 bridgehead atoms. The maximum absolute atomic E-state index is 12.5. The molecule has 0 atom stereocenters. The van der Waals surface area contributed by atoms with Crippen molar-refractivity contribution >= 4 is 11.6 Å². The number of nitrogens with zero attached hydrogens (tertiary/aromatic N) is 1. The molecule has 0 saturated carbocycles. The number of carbonyl (C=O) groups is 1. The van der Waals surface area contributed by atoms with Gasteiger partial charge in [0.1, 0.15) is 12.3 Å². The Balaban J connectivity index is 2.55. The molecule has 0 aliphatic rings. The number of nitrogen functional groups attached to an aromatic ring is 1. The van der Waals surface area contributed by atoms with Gasteiger partial charge in [-0.2, -0.15) is 5.10 Å². The molecular formula is C7H10F2N4O2. The standard InChI is InChI=1S/C7H10F2N4O2/c8-7(9,3-14)2-11-6(15)5-4(10)1-12-13-5/h1,14H,2-3,10H2,(H,11,15)(H,12,13). The first kappa shape index (κ1) is 11.4. The number of H-pyrrole nitrogens is 1. The van der Waals surface area contributed by atoms with Crippen LogP contribution in [0.1, 0.15) is 10.5 Å². The molecule has 15 heavy (non-hydrogen) atoms. The van der Waals surface area contributed by atoms with E-state index in [4.69, 9.17) is 10.8 Å². The quantitative estimate of drug-likeness (QED) is 0.541. The molecule has 5 N–H and O–H groups in total. The average Bonchev–Trinajstić information content (AvgIpc) is 2.61. The summed E-state index contributed by atoms with van der Waals surface area (Å²) in [4.78, 5) is 11.2. The monoisotopic (exact) mass is 220 g/mol. The first-order valence-electron chi connectivity index (χ1n) is 4.02. The van der Waals surface area contributed by atoms with E-state index in [1.807, 2.05) is 5.32 Å². The van der Waals surface area contributed by atoms with Crippen LogP contribution in [0.2, 0.25) is 0 Å². The lowest BCUT2D eigenvalue weighted by atomic mass is 10.3. The number of aromatic amines is 1. The van der Waals surface area contributed by atoms with Crippen molar-refractivity contribution in [3.63, 3.8) is 0 Å². The number of anilines is 1. The zero-order valence-electron chi connectivity index (χ0n) is 7.63. The summed E-state index contributed by atoms with van der Waals surface area (Å²) in [5.74, 6) is -4.14. The van der Waals surface area contributed by atoms with E-state index in [1.54, 1.807) is 0 Å². The first-order valence-corrected chi connectivity index (χ1v) is 4.02. The van der Waals surface area contributed by atoms with Crippen molar-refractivity contribution < 1.29 is 18.7 Å². The Morgan fingerprint density at radius 1 is 1.73 bits per heavy atom. The molecule has 0 aliphatic heterocycles. The van der Waals surface area contributed by atoms with E-state index >= 15 is 0 Å². The van der Waals surface area contributed by atoms with Crippen LogP contribution in [0.5, 0.6) is 0 Å². The highest BCUT2D eigenvalue weighted by molar-refractivity contribution is 5.96. The van der Waals surface area contributed by atoms with E-state index in [0.717, 1.165) is 0 Å². The molecule has 1 aromatic rings. The fourth-order valence-electron chi connectivity index (χ4n) is 0.831. The maximum Gasteiger partial charge on any atom is 0.287 e. The SMILES string of the molecule is Nc1cn[nH]c1C(=O)NCC(F)(F)CO. The van der Waals surface area contributed by atoms with Gasteiger partial charge in [0, 0.05) is 0 Å². The minimum Gasteiger partial charge on any atom is -0.396 e. The molecule has 6 nitrogen and oxygen atoms in total. The predicted octanol–water partition coefficient (Wildman–Crippen LogP) is -0.651. The fourth-order valence-corrected chi connectivity index (χ4v) is 0.831. The molecule has 8 heteroatoms. The summed E-state index contributed by atoms with van der Waals surface area (Å²) in [5, 5.41) is 15.9. The van der Waals surface area contributed by atoms with Gasteiger partial charge in [0.05, 0.1) is 18.4 Å². The lowest BCUT2D eigenvalue weighted by Gasteiger charge is -2.13. The second kappa shape index (κ2) is 4.22. The van der Waals surface area contributed by atoms with E-state index < -0.39 is 25.0 Å². The number of aliphatic hydroxyl groups is 1. The molecule has 0 fully saturated rings. The molecule has 0 radical (unpaired) electrons. The van der Waals surface area contributed by atoms with Gasteiger partial charge in [0.15, 0.2) is 0 Å². The van der Waals surface area contributed by atoms with Crippen LogP contribution < -0.4 is 11.1 Å². The molecule has 0 aromatic carbocycles. The lowest BCUT2D eigenvalue weighted by molar-refractivity contribution is -0.0462. The van der Waals surface area contributed by atoms with Crippen LogP contribution in [0.15, 0.2) is 6.20 Å². The van der Waals surface area contributed by atoms with Gasteiger partial charge in [-0.3, -0.25) is 9.89 Å². The molecule has 0 saturated heterocycles. The number of halogens is 2. The summed E-state index contributed by atoms with van der Waals surface area (Å²) in [5.41, 5.74) is 5.31. The van der Waals surface area contributed by atoms with E-state index in [9.17, 15) is 13.6 Å². The van der Waals surface area contributed by atoms with Crippen LogP contribution >= 0.6 is 0 Å². The van der Waals surface area contributed by atoms with Crippen LogP contribution in [0.25, 0.3) is 0 Å². The van der Waals surface area contributed by atoms with Crippen LogP contribution in [-0.4, -0.2) is 40.3 Å². The summed E-state index contributed by atoms with van der Waals surface area (Å²) >= 11 is 0. The summed E-state index contributed by atoms with van der Waals surface area (Å²) in [6, 6.07) is 0. The molecule has 0 unspecified atom stereocenters. The second-order valence-electron chi connectivity index (χ2n) is 2.90. The number of rotatable bonds is 4.